The molecule has 0 atom stereocenters. The average molecular weight is 404 g/mol. The third kappa shape index (κ3) is 5.08. The Bertz CT molecular complexity index is 1060. The van der Waals surface area contributed by atoms with Gasteiger partial charge >= 0.3 is 0 Å². The van der Waals surface area contributed by atoms with E-state index < -0.39 is 10.7 Å². The van der Waals surface area contributed by atoms with Crippen molar-refractivity contribution in [3.8, 4) is 5.75 Å². The molecule has 3 aromatic carbocycles. The number of carbonyl (C=O) groups is 2. The smallest absolute Gasteiger partial charge is 0.270 e. The maximum absolute atomic E-state index is 12.9. The van der Waals surface area contributed by atoms with E-state index in [9.17, 15) is 19.7 Å². The molecule has 0 heterocycles. The summed E-state index contributed by atoms with van der Waals surface area (Å²) >= 11 is 0. The van der Waals surface area contributed by atoms with Crippen molar-refractivity contribution in [3.05, 3.63) is 99.6 Å². The Balaban J connectivity index is 1.77. The molecule has 1 amide bonds. The SMILES string of the molecule is COc1ccc(CCC(=O)Nc2ccc([N+](=O)[O-])cc2C(=O)c2ccccc2)cc1. The summed E-state index contributed by atoms with van der Waals surface area (Å²) in [6.45, 7) is 0. The zero-order valence-electron chi connectivity index (χ0n) is 16.3. The first kappa shape index (κ1) is 20.7. The van der Waals surface area contributed by atoms with Crippen LogP contribution >= 0.6 is 0 Å². The van der Waals surface area contributed by atoms with Crippen LogP contribution < -0.4 is 10.1 Å². The van der Waals surface area contributed by atoms with Gasteiger partial charge in [0.1, 0.15) is 5.75 Å². The van der Waals surface area contributed by atoms with E-state index in [1.54, 1.807) is 37.4 Å². The monoisotopic (exact) mass is 404 g/mol. The molecule has 0 aliphatic rings. The van der Waals surface area contributed by atoms with E-state index in [1.165, 1.54) is 18.2 Å². The molecule has 152 valence electrons. The third-order valence-electron chi connectivity index (χ3n) is 4.57. The Morgan fingerprint density at radius 1 is 1.00 bits per heavy atom. The molecule has 0 fully saturated rings. The summed E-state index contributed by atoms with van der Waals surface area (Å²) in [5.41, 5.74) is 1.45. The summed E-state index contributed by atoms with van der Waals surface area (Å²) in [4.78, 5) is 35.9. The van der Waals surface area contributed by atoms with Crippen LogP contribution in [-0.2, 0) is 11.2 Å². The molecule has 0 saturated carbocycles. The highest BCUT2D eigenvalue weighted by Gasteiger charge is 2.19. The number of benzene rings is 3. The van der Waals surface area contributed by atoms with Crippen LogP contribution in [0.1, 0.15) is 27.9 Å². The Morgan fingerprint density at radius 3 is 2.33 bits per heavy atom. The van der Waals surface area contributed by atoms with Gasteiger partial charge in [-0.2, -0.15) is 0 Å². The van der Waals surface area contributed by atoms with Crippen molar-refractivity contribution in [2.24, 2.45) is 0 Å². The maximum Gasteiger partial charge on any atom is 0.270 e. The van der Waals surface area contributed by atoms with E-state index in [2.05, 4.69) is 5.32 Å². The van der Waals surface area contributed by atoms with Crippen LogP contribution in [0.15, 0.2) is 72.8 Å². The zero-order valence-corrected chi connectivity index (χ0v) is 16.3. The summed E-state index contributed by atoms with van der Waals surface area (Å²) in [5, 5.41) is 13.9. The fraction of sp³-hybridized carbons (Fsp3) is 0.130. The molecule has 7 nitrogen and oxygen atoms in total. The number of nitrogens with one attached hydrogen (secondary N) is 1. The highest BCUT2D eigenvalue weighted by molar-refractivity contribution is 6.14. The zero-order chi connectivity index (χ0) is 21.5. The molecule has 0 bridgehead atoms. The first-order valence-electron chi connectivity index (χ1n) is 9.29. The Kier molecular flexibility index (Phi) is 6.54. The van der Waals surface area contributed by atoms with Crippen molar-refractivity contribution in [1.29, 1.82) is 0 Å². The Labute approximate surface area is 173 Å². The Morgan fingerprint density at radius 2 is 1.70 bits per heavy atom. The largest absolute Gasteiger partial charge is 0.497 e. The van der Waals surface area contributed by atoms with E-state index in [4.69, 9.17) is 4.74 Å². The van der Waals surface area contributed by atoms with Gasteiger partial charge in [0.2, 0.25) is 5.91 Å². The van der Waals surface area contributed by atoms with Gasteiger partial charge in [-0.15, -0.1) is 0 Å². The number of nitro groups is 1. The highest BCUT2D eigenvalue weighted by atomic mass is 16.6. The number of non-ortho nitro benzene ring substituents is 1. The van der Waals surface area contributed by atoms with Gasteiger partial charge in [0, 0.05) is 24.1 Å². The number of anilines is 1. The number of hydrogen-bond donors (Lipinski definition) is 1. The van der Waals surface area contributed by atoms with Gasteiger partial charge in [-0.1, -0.05) is 42.5 Å². The minimum atomic E-state index is -0.572. The second-order valence-electron chi connectivity index (χ2n) is 6.58. The lowest BCUT2D eigenvalue weighted by atomic mass is 10.0. The molecule has 0 radical (unpaired) electrons. The quantitative estimate of drug-likeness (QED) is 0.341. The van der Waals surface area contributed by atoms with Crippen LogP contribution in [-0.4, -0.2) is 23.7 Å². The highest BCUT2D eigenvalue weighted by Crippen LogP contribution is 2.25. The molecule has 30 heavy (non-hydrogen) atoms. The van der Waals surface area contributed by atoms with E-state index in [0.29, 0.717) is 12.0 Å². The molecule has 0 spiro atoms. The minimum absolute atomic E-state index is 0.0770. The van der Waals surface area contributed by atoms with Crippen molar-refractivity contribution in [2.45, 2.75) is 12.8 Å². The third-order valence-corrected chi connectivity index (χ3v) is 4.57. The first-order chi connectivity index (χ1) is 14.5. The summed E-state index contributed by atoms with van der Waals surface area (Å²) in [6, 6.07) is 19.7. The first-order valence-corrected chi connectivity index (χ1v) is 9.29. The van der Waals surface area contributed by atoms with Crippen LogP contribution in [0.3, 0.4) is 0 Å². The number of nitrogens with zero attached hydrogens (tertiary/aromatic N) is 1. The molecule has 1 N–H and O–H groups in total. The molecule has 0 saturated heterocycles. The van der Waals surface area contributed by atoms with Crippen molar-refractivity contribution in [1.82, 2.24) is 0 Å². The van der Waals surface area contributed by atoms with Crippen LogP contribution in [0.2, 0.25) is 0 Å². The number of rotatable bonds is 8. The molecular weight excluding hydrogens is 384 g/mol. The van der Waals surface area contributed by atoms with E-state index in [1.807, 2.05) is 24.3 Å². The maximum atomic E-state index is 12.9. The predicted molar refractivity (Wildman–Crippen MR) is 113 cm³/mol. The number of aryl methyl sites for hydroxylation is 1. The standard InChI is InChI=1S/C23H20N2O5/c1-30-19-11-7-16(8-12-19)9-14-22(26)24-21-13-10-18(25(28)29)15-20(21)23(27)17-5-3-2-4-6-17/h2-8,10-13,15H,9,14H2,1H3,(H,24,26). The van der Waals surface area contributed by atoms with Gasteiger partial charge in [0.25, 0.3) is 5.69 Å². The lowest BCUT2D eigenvalue weighted by Crippen LogP contribution is -2.16. The molecule has 0 aliphatic carbocycles. The van der Waals surface area contributed by atoms with Crippen molar-refractivity contribution in [3.63, 3.8) is 0 Å². The number of carbonyl (C=O) groups excluding carboxylic acids is 2. The van der Waals surface area contributed by atoms with Gasteiger partial charge in [0.05, 0.1) is 23.3 Å². The van der Waals surface area contributed by atoms with Crippen molar-refractivity contribution >= 4 is 23.1 Å². The molecule has 7 heteroatoms. The number of ether oxygens (including phenoxy) is 1. The van der Waals surface area contributed by atoms with Crippen LogP contribution in [0.5, 0.6) is 5.75 Å². The van der Waals surface area contributed by atoms with Gasteiger partial charge in [-0.25, -0.2) is 0 Å². The lowest BCUT2D eigenvalue weighted by molar-refractivity contribution is -0.384. The molecule has 0 aromatic heterocycles. The van der Waals surface area contributed by atoms with Gasteiger partial charge in [-0.05, 0) is 30.2 Å². The van der Waals surface area contributed by atoms with Crippen molar-refractivity contribution < 1.29 is 19.2 Å². The second-order valence-corrected chi connectivity index (χ2v) is 6.58. The van der Waals surface area contributed by atoms with Gasteiger partial charge < -0.3 is 10.1 Å². The molecular formula is C23H20N2O5. The van der Waals surface area contributed by atoms with E-state index in [-0.39, 0.29) is 29.3 Å². The summed E-state index contributed by atoms with van der Waals surface area (Å²) < 4.78 is 5.11. The van der Waals surface area contributed by atoms with E-state index in [0.717, 1.165) is 11.3 Å². The summed E-state index contributed by atoms with van der Waals surface area (Å²) in [7, 11) is 1.58. The minimum Gasteiger partial charge on any atom is -0.497 e. The normalized spacial score (nSPS) is 10.3. The predicted octanol–water partition coefficient (Wildman–Crippen LogP) is 4.41. The van der Waals surface area contributed by atoms with Crippen LogP contribution in [0, 0.1) is 10.1 Å². The molecule has 3 rings (SSSR count). The number of nitro benzene ring substituents is 1. The summed E-state index contributed by atoms with van der Waals surface area (Å²) in [5.74, 6) is 0.0460. The second kappa shape index (κ2) is 9.47. The lowest BCUT2D eigenvalue weighted by Gasteiger charge is -2.11. The van der Waals surface area contributed by atoms with Crippen molar-refractivity contribution in [2.75, 3.05) is 12.4 Å². The molecule has 0 aliphatic heterocycles. The molecule has 3 aromatic rings. The van der Waals surface area contributed by atoms with Gasteiger partial charge in [-0.3, -0.25) is 19.7 Å². The number of methoxy groups -OCH3 is 1. The van der Waals surface area contributed by atoms with E-state index >= 15 is 0 Å². The number of amides is 1. The molecule has 0 unspecified atom stereocenters. The van der Waals surface area contributed by atoms with Gasteiger partial charge in [0.15, 0.2) is 5.78 Å². The fourth-order valence-corrected chi connectivity index (χ4v) is 2.95. The fourth-order valence-electron chi connectivity index (χ4n) is 2.95. The number of hydrogen-bond acceptors (Lipinski definition) is 5. The van der Waals surface area contributed by atoms with Crippen LogP contribution in [0.25, 0.3) is 0 Å². The van der Waals surface area contributed by atoms with Crippen LogP contribution in [0.4, 0.5) is 11.4 Å². The Hall–Kier alpha value is -4.00. The summed E-state index contributed by atoms with van der Waals surface area (Å²) in [6.07, 6.45) is 0.701. The number of ketones is 1. The average Bonchev–Trinajstić information content (AvgIpc) is 2.78. The topological polar surface area (TPSA) is 98.5 Å².